The first-order valence-corrected chi connectivity index (χ1v) is 15.1. The maximum absolute atomic E-state index is 2.62. The molecule has 2 aromatic carbocycles. The van der Waals surface area contributed by atoms with Gasteiger partial charge in [-0.1, -0.05) is 25.7 Å². The van der Waals surface area contributed by atoms with Crippen LogP contribution in [0.1, 0.15) is 19.3 Å². The summed E-state index contributed by atoms with van der Waals surface area (Å²) < 4.78 is 2.62. The highest BCUT2D eigenvalue weighted by molar-refractivity contribution is 6.76. The van der Waals surface area contributed by atoms with Crippen LogP contribution in [0.5, 0.6) is 0 Å². The van der Waals surface area contributed by atoms with Crippen molar-refractivity contribution in [1.29, 1.82) is 0 Å². The molecule has 2 aliphatic heterocycles. The van der Waals surface area contributed by atoms with Crippen LogP contribution in [0.15, 0.2) is 42.5 Å². The third-order valence-electron chi connectivity index (χ3n) is 6.67. The van der Waals surface area contributed by atoms with Crippen molar-refractivity contribution in [3.8, 4) is 0 Å². The molecule has 0 N–H and O–H groups in total. The van der Waals surface area contributed by atoms with Crippen LogP contribution in [-0.4, -0.2) is 34.3 Å². The van der Waals surface area contributed by atoms with Crippen LogP contribution >= 0.6 is 0 Å². The average Bonchev–Trinajstić information content (AvgIpc) is 2.58. The summed E-state index contributed by atoms with van der Waals surface area (Å²) in [6.07, 6.45) is 3.92. The first kappa shape index (κ1) is 21.9. The van der Waals surface area contributed by atoms with Gasteiger partial charge in [0, 0.05) is 75.0 Å². The van der Waals surface area contributed by atoms with E-state index < -0.39 is 8.07 Å². The van der Waals surface area contributed by atoms with Gasteiger partial charge in [0.15, 0.2) is 0 Å². The van der Waals surface area contributed by atoms with Crippen LogP contribution in [-0.2, 0) is 6.54 Å². The molecular weight excluding hydrogens is 497 g/mol. The zero-order valence-corrected chi connectivity index (χ0v) is 21.8. The maximum atomic E-state index is 2.62. The standard InChI is InChI=1S/C25H34N3Si.HI/c1-29(2,3)16-6-15-28-24-18-22(26-11-4-12-26)9-7-20(24)17-21-8-10-23(19-25(21)28)27-13-5-14-27;/h7-10,17-19H,4-6,11-16H2,1-3H3;1H/q+1;/p-1. The van der Waals surface area contributed by atoms with Crippen LogP contribution in [0.4, 0.5) is 11.4 Å². The molecule has 5 heteroatoms. The molecule has 1 aromatic heterocycles. The zero-order valence-electron chi connectivity index (χ0n) is 18.6. The largest absolute Gasteiger partial charge is 1.00 e. The first-order chi connectivity index (χ1) is 14.0. The van der Waals surface area contributed by atoms with Gasteiger partial charge in [-0.25, -0.2) is 0 Å². The normalized spacial score (nSPS) is 16.4. The van der Waals surface area contributed by atoms with Crippen molar-refractivity contribution in [2.45, 2.75) is 51.5 Å². The number of fused-ring (bicyclic) bond motifs is 2. The molecule has 0 amide bonds. The molecule has 5 rings (SSSR count). The van der Waals surface area contributed by atoms with Gasteiger partial charge >= 0.3 is 0 Å². The number of halogens is 1. The lowest BCUT2D eigenvalue weighted by molar-refractivity contribution is -0.645. The fraction of sp³-hybridized carbons (Fsp3) is 0.480. The van der Waals surface area contributed by atoms with Gasteiger partial charge in [0.1, 0.15) is 6.54 Å². The van der Waals surface area contributed by atoms with E-state index in [0.717, 1.165) is 6.54 Å². The minimum Gasteiger partial charge on any atom is -1.00 e. The summed E-state index contributed by atoms with van der Waals surface area (Å²) in [5.41, 5.74) is 5.58. The minimum atomic E-state index is -1.03. The Morgan fingerprint density at radius 1 is 0.767 bits per heavy atom. The lowest BCUT2D eigenvalue weighted by Gasteiger charge is -2.33. The van der Waals surface area contributed by atoms with E-state index in [-0.39, 0.29) is 24.0 Å². The van der Waals surface area contributed by atoms with Gasteiger partial charge in [0.25, 0.3) is 0 Å². The van der Waals surface area contributed by atoms with Crippen molar-refractivity contribution in [1.82, 2.24) is 0 Å². The molecule has 0 unspecified atom stereocenters. The Balaban J connectivity index is 0.00000218. The summed E-state index contributed by atoms with van der Waals surface area (Å²) in [5, 5.41) is 2.73. The van der Waals surface area contributed by atoms with Gasteiger partial charge in [-0.2, -0.15) is 4.57 Å². The topological polar surface area (TPSA) is 10.4 Å². The summed E-state index contributed by atoms with van der Waals surface area (Å²) in [5.74, 6) is 0. The van der Waals surface area contributed by atoms with Crippen LogP contribution in [0.2, 0.25) is 25.7 Å². The van der Waals surface area contributed by atoms with E-state index >= 15 is 0 Å². The minimum absolute atomic E-state index is 0. The monoisotopic (exact) mass is 531 g/mol. The van der Waals surface area contributed by atoms with Crippen molar-refractivity contribution in [2.24, 2.45) is 0 Å². The van der Waals surface area contributed by atoms with E-state index in [4.69, 9.17) is 0 Å². The molecule has 0 bridgehead atoms. The predicted molar refractivity (Wildman–Crippen MR) is 128 cm³/mol. The summed E-state index contributed by atoms with van der Waals surface area (Å²) in [6.45, 7) is 13.4. The molecular formula is C25H34IN3Si. The Kier molecular flexibility index (Phi) is 6.31. The van der Waals surface area contributed by atoms with Gasteiger partial charge < -0.3 is 33.8 Å². The van der Waals surface area contributed by atoms with Crippen molar-refractivity contribution in [2.75, 3.05) is 36.0 Å². The molecule has 160 valence electrons. The van der Waals surface area contributed by atoms with E-state index in [1.165, 1.54) is 84.7 Å². The van der Waals surface area contributed by atoms with Gasteiger partial charge in [-0.3, -0.25) is 0 Å². The number of anilines is 2. The van der Waals surface area contributed by atoms with Crippen molar-refractivity contribution in [3.63, 3.8) is 0 Å². The smallest absolute Gasteiger partial charge is 0.215 e. The number of hydrogen-bond acceptors (Lipinski definition) is 2. The van der Waals surface area contributed by atoms with Crippen LogP contribution < -0.4 is 38.3 Å². The van der Waals surface area contributed by atoms with Crippen molar-refractivity contribution in [3.05, 3.63) is 42.5 Å². The lowest BCUT2D eigenvalue weighted by Crippen LogP contribution is -3.00. The molecule has 2 fully saturated rings. The summed E-state index contributed by atoms with van der Waals surface area (Å²) in [4.78, 5) is 5.01. The average molecular weight is 532 g/mol. The Labute approximate surface area is 199 Å². The molecule has 30 heavy (non-hydrogen) atoms. The molecule has 0 aliphatic carbocycles. The summed E-state index contributed by atoms with van der Waals surface area (Å²) in [7, 11) is -1.03. The first-order valence-electron chi connectivity index (χ1n) is 11.4. The van der Waals surface area contributed by atoms with E-state index in [9.17, 15) is 0 Å². The fourth-order valence-corrected chi connectivity index (χ4v) is 5.84. The molecule has 0 saturated carbocycles. The maximum Gasteiger partial charge on any atom is 0.215 e. The number of aromatic nitrogens is 1. The predicted octanol–water partition coefficient (Wildman–Crippen LogP) is 2.43. The molecule has 3 heterocycles. The van der Waals surface area contributed by atoms with Crippen LogP contribution in [0, 0.1) is 0 Å². The van der Waals surface area contributed by atoms with Gasteiger partial charge in [0.2, 0.25) is 11.0 Å². The molecule has 3 nitrogen and oxygen atoms in total. The number of benzene rings is 2. The highest BCUT2D eigenvalue weighted by Gasteiger charge is 2.23. The lowest BCUT2D eigenvalue weighted by atomic mass is 10.1. The Bertz CT molecular complexity index is 980. The number of pyridine rings is 1. The zero-order chi connectivity index (χ0) is 20.0. The van der Waals surface area contributed by atoms with E-state index in [1.807, 2.05) is 0 Å². The Morgan fingerprint density at radius 3 is 1.67 bits per heavy atom. The third-order valence-corrected chi connectivity index (χ3v) is 8.53. The molecule has 0 radical (unpaired) electrons. The van der Waals surface area contributed by atoms with E-state index in [0.29, 0.717) is 0 Å². The quantitative estimate of drug-likeness (QED) is 0.210. The number of aryl methyl sites for hydroxylation is 1. The molecule has 2 saturated heterocycles. The van der Waals surface area contributed by atoms with Crippen molar-refractivity contribution >= 4 is 41.3 Å². The fourth-order valence-electron chi connectivity index (χ4n) is 4.62. The van der Waals surface area contributed by atoms with Gasteiger partial charge in [-0.05, 0) is 43.2 Å². The highest BCUT2D eigenvalue weighted by atomic mass is 127. The van der Waals surface area contributed by atoms with Gasteiger partial charge in [-0.15, -0.1) is 0 Å². The van der Waals surface area contributed by atoms with Gasteiger partial charge in [0.05, 0.1) is 0 Å². The van der Waals surface area contributed by atoms with Crippen molar-refractivity contribution < 1.29 is 28.5 Å². The summed E-state index contributed by atoms with van der Waals surface area (Å²) >= 11 is 0. The molecule has 2 aliphatic rings. The third kappa shape index (κ3) is 4.33. The second kappa shape index (κ2) is 8.65. The SMILES string of the molecule is C[Si](C)(C)CCC[n+]1c2cc(N3CCC3)ccc2cc2ccc(N3CCC3)cc21.[I-]. The molecule has 0 atom stereocenters. The van der Waals surface area contributed by atoms with Crippen LogP contribution in [0.25, 0.3) is 21.8 Å². The number of nitrogens with zero attached hydrogens (tertiary/aromatic N) is 3. The Hall–Kier alpha value is -1.34. The molecule has 0 spiro atoms. The number of hydrogen-bond donors (Lipinski definition) is 0. The number of rotatable bonds is 6. The molecule has 3 aromatic rings. The van der Waals surface area contributed by atoms with E-state index in [2.05, 4.69) is 76.5 Å². The Morgan fingerprint density at radius 2 is 1.27 bits per heavy atom. The van der Waals surface area contributed by atoms with E-state index in [1.54, 1.807) is 0 Å². The second-order valence-electron chi connectivity index (χ2n) is 10.1. The second-order valence-corrected chi connectivity index (χ2v) is 15.7. The summed E-state index contributed by atoms with van der Waals surface area (Å²) in [6, 6.07) is 18.0. The highest BCUT2D eigenvalue weighted by Crippen LogP contribution is 2.29. The van der Waals surface area contributed by atoms with Crippen LogP contribution in [0.3, 0.4) is 0 Å².